The van der Waals surface area contributed by atoms with Crippen LogP contribution in [0, 0.1) is 11.7 Å². The van der Waals surface area contributed by atoms with Crippen molar-refractivity contribution in [1.29, 1.82) is 0 Å². The molecule has 0 spiro atoms. The Morgan fingerprint density at radius 3 is 2.61 bits per heavy atom. The third-order valence-electron chi connectivity index (χ3n) is 3.23. The molecule has 0 aliphatic carbocycles. The number of rotatable bonds is 2. The van der Waals surface area contributed by atoms with Crippen LogP contribution in [0.4, 0.5) is 4.39 Å². The van der Waals surface area contributed by atoms with Crippen LogP contribution < -0.4 is 5.73 Å². The summed E-state index contributed by atoms with van der Waals surface area (Å²) < 4.78 is 19.0. The lowest BCUT2D eigenvalue weighted by atomic mass is 9.87. The molecular weight excluding hydrogens is 324 g/mol. The molecule has 0 bridgehead atoms. The first-order valence-electron chi connectivity index (χ1n) is 5.61. The van der Waals surface area contributed by atoms with Crippen molar-refractivity contribution in [2.45, 2.75) is 18.9 Å². The van der Waals surface area contributed by atoms with Gasteiger partial charge in [-0.25, -0.2) is 4.39 Å². The summed E-state index contributed by atoms with van der Waals surface area (Å²) in [7, 11) is 0. The molecule has 1 saturated heterocycles. The van der Waals surface area contributed by atoms with E-state index in [-0.39, 0.29) is 34.6 Å². The van der Waals surface area contributed by atoms with Gasteiger partial charge in [0, 0.05) is 24.8 Å². The summed E-state index contributed by atoms with van der Waals surface area (Å²) in [6.45, 7) is 1.36. The first-order valence-corrected chi connectivity index (χ1v) is 6.40. The van der Waals surface area contributed by atoms with E-state index in [1.807, 2.05) is 0 Å². The molecule has 3 N–H and O–H groups in total. The predicted octanol–water partition coefficient (Wildman–Crippen LogP) is 3.14. The lowest BCUT2D eigenvalue weighted by Gasteiger charge is -2.28. The fourth-order valence-electron chi connectivity index (χ4n) is 2.15. The van der Waals surface area contributed by atoms with Gasteiger partial charge in [-0.1, -0.05) is 6.07 Å². The lowest BCUT2D eigenvalue weighted by molar-refractivity contribution is 0.0580. The van der Waals surface area contributed by atoms with Crippen LogP contribution in [0.1, 0.15) is 24.4 Å². The largest absolute Gasteiger partial charge is 0.505 e. The Morgan fingerprint density at radius 1 is 1.39 bits per heavy atom. The summed E-state index contributed by atoms with van der Waals surface area (Å²) in [5, 5.41) is 9.76. The number of aromatic hydroxyl groups is 1. The number of hydrogen-bond acceptors (Lipinski definition) is 3. The highest BCUT2D eigenvalue weighted by molar-refractivity contribution is 9.10. The fourth-order valence-corrected chi connectivity index (χ4v) is 2.47. The summed E-state index contributed by atoms with van der Waals surface area (Å²) in [4.78, 5) is 0. The van der Waals surface area contributed by atoms with Crippen molar-refractivity contribution in [3.05, 3.63) is 28.0 Å². The maximum absolute atomic E-state index is 13.5. The maximum Gasteiger partial charge on any atom is 0.179 e. The van der Waals surface area contributed by atoms with Crippen molar-refractivity contribution in [2.75, 3.05) is 13.2 Å². The first-order chi connectivity index (χ1) is 8.11. The Hall–Kier alpha value is -0.360. The number of hydrogen-bond donors (Lipinski definition) is 2. The Kier molecular flexibility index (Phi) is 5.85. The Bertz CT molecular complexity index is 413. The summed E-state index contributed by atoms with van der Waals surface area (Å²) >= 11 is 3.03. The molecule has 0 aromatic heterocycles. The zero-order valence-corrected chi connectivity index (χ0v) is 12.1. The number of phenolic OH excluding ortho intramolecular Hbond substituents is 1. The summed E-state index contributed by atoms with van der Waals surface area (Å²) in [6.07, 6.45) is 1.69. The van der Waals surface area contributed by atoms with Crippen molar-refractivity contribution >= 4 is 28.3 Å². The molecule has 1 heterocycles. The Balaban J connectivity index is 0.00000162. The van der Waals surface area contributed by atoms with E-state index >= 15 is 0 Å². The third kappa shape index (κ3) is 3.15. The van der Waals surface area contributed by atoms with Crippen LogP contribution in [-0.4, -0.2) is 18.3 Å². The highest BCUT2D eigenvalue weighted by atomic mass is 79.9. The lowest BCUT2D eigenvalue weighted by Crippen LogP contribution is -2.27. The SMILES string of the molecule is Cl.N[C@H](c1ccc(Br)c(F)c1O)C1CCOCC1. The van der Waals surface area contributed by atoms with E-state index in [2.05, 4.69) is 15.9 Å². The minimum absolute atomic E-state index is 0. The van der Waals surface area contributed by atoms with Crippen molar-refractivity contribution in [3.8, 4) is 5.75 Å². The van der Waals surface area contributed by atoms with Crippen LogP contribution in [0.2, 0.25) is 0 Å². The van der Waals surface area contributed by atoms with E-state index in [4.69, 9.17) is 10.5 Å². The van der Waals surface area contributed by atoms with Crippen LogP contribution in [0.3, 0.4) is 0 Å². The second-order valence-corrected chi connectivity index (χ2v) is 5.13. The molecule has 1 aromatic rings. The molecule has 18 heavy (non-hydrogen) atoms. The molecule has 0 radical (unpaired) electrons. The number of ether oxygens (including phenoxy) is 1. The van der Waals surface area contributed by atoms with Crippen LogP contribution in [0.25, 0.3) is 0 Å². The van der Waals surface area contributed by atoms with Gasteiger partial charge in [-0.05, 0) is 40.8 Å². The second kappa shape index (κ2) is 6.70. The Morgan fingerprint density at radius 2 is 2.00 bits per heavy atom. The zero-order chi connectivity index (χ0) is 12.4. The van der Waals surface area contributed by atoms with Crippen LogP contribution in [-0.2, 0) is 4.74 Å². The van der Waals surface area contributed by atoms with Crippen LogP contribution in [0.5, 0.6) is 5.75 Å². The maximum atomic E-state index is 13.5. The average molecular weight is 341 g/mol. The van der Waals surface area contributed by atoms with Gasteiger partial charge in [0.15, 0.2) is 11.6 Å². The Labute approximate surface area is 120 Å². The van der Waals surface area contributed by atoms with Gasteiger partial charge in [0.05, 0.1) is 4.47 Å². The van der Waals surface area contributed by atoms with Gasteiger partial charge < -0.3 is 15.6 Å². The molecule has 1 fully saturated rings. The van der Waals surface area contributed by atoms with Crippen LogP contribution >= 0.6 is 28.3 Å². The second-order valence-electron chi connectivity index (χ2n) is 4.27. The summed E-state index contributed by atoms with van der Waals surface area (Å²) in [5.41, 5.74) is 6.56. The zero-order valence-electron chi connectivity index (χ0n) is 9.73. The summed E-state index contributed by atoms with van der Waals surface area (Å²) in [6, 6.07) is 2.90. The van der Waals surface area contributed by atoms with E-state index in [1.165, 1.54) is 0 Å². The smallest absolute Gasteiger partial charge is 0.179 e. The van der Waals surface area contributed by atoms with E-state index in [0.717, 1.165) is 12.8 Å². The van der Waals surface area contributed by atoms with Crippen molar-refractivity contribution < 1.29 is 14.2 Å². The van der Waals surface area contributed by atoms with Gasteiger partial charge in [-0.2, -0.15) is 0 Å². The molecule has 1 aliphatic rings. The van der Waals surface area contributed by atoms with Gasteiger partial charge in [-0.15, -0.1) is 12.4 Å². The fraction of sp³-hybridized carbons (Fsp3) is 0.500. The van der Waals surface area contributed by atoms with Gasteiger partial charge >= 0.3 is 0 Å². The minimum atomic E-state index is -0.648. The predicted molar refractivity (Wildman–Crippen MR) is 73.5 cm³/mol. The molecule has 2 rings (SSSR count). The average Bonchev–Trinajstić information content (AvgIpc) is 2.36. The van der Waals surface area contributed by atoms with Crippen molar-refractivity contribution in [2.24, 2.45) is 11.7 Å². The van der Waals surface area contributed by atoms with Gasteiger partial charge in [0.1, 0.15) is 0 Å². The topological polar surface area (TPSA) is 55.5 Å². The monoisotopic (exact) mass is 339 g/mol. The van der Waals surface area contributed by atoms with E-state index < -0.39 is 5.82 Å². The van der Waals surface area contributed by atoms with E-state index in [1.54, 1.807) is 12.1 Å². The van der Waals surface area contributed by atoms with E-state index in [9.17, 15) is 9.50 Å². The minimum Gasteiger partial charge on any atom is -0.505 e. The number of halogens is 3. The standard InChI is InChI=1S/C12H15BrFNO2.ClH/c13-9-2-1-8(12(16)10(9)14)11(15)7-3-5-17-6-4-7;/h1-2,7,11,16H,3-6,15H2;1H/t11-;/m0./s1. The van der Waals surface area contributed by atoms with Crippen molar-refractivity contribution in [1.82, 2.24) is 0 Å². The highest BCUT2D eigenvalue weighted by Gasteiger charge is 2.25. The van der Waals surface area contributed by atoms with Crippen molar-refractivity contribution in [3.63, 3.8) is 0 Å². The van der Waals surface area contributed by atoms with E-state index in [0.29, 0.717) is 18.8 Å². The number of nitrogens with two attached hydrogens (primary N) is 1. The highest BCUT2D eigenvalue weighted by Crippen LogP contribution is 2.36. The number of phenols is 1. The molecule has 1 aliphatic heterocycles. The molecule has 1 aromatic carbocycles. The van der Waals surface area contributed by atoms with Gasteiger partial charge in [0.25, 0.3) is 0 Å². The normalized spacial score (nSPS) is 18.2. The molecular formula is C12H16BrClFNO2. The molecule has 0 amide bonds. The molecule has 102 valence electrons. The van der Waals surface area contributed by atoms with Crippen LogP contribution in [0.15, 0.2) is 16.6 Å². The molecule has 6 heteroatoms. The number of benzene rings is 1. The molecule has 0 unspecified atom stereocenters. The molecule has 1 atom stereocenters. The summed E-state index contributed by atoms with van der Waals surface area (Å²) in [5.74, 6) is -0.765. The third-order valence-corrected chi connectivity index (χ3v) is 3.85. The molecule has 3 nitrogen and oxygen atoms in total. The quantitative estimate of drug-likeness (QED) is 0.869. The molecule has 0 saturated carbocycles. The van der Waals surface area contributed by atoms with Gasteiger partial charge in [0.2, 0.25) is 0 Å². The first kappa shape index (κ1) is 15.7. The van der Waals surface area contributed by atoms with Gasteiger partial charge in [-0.3, -0.25) is 0 Å².